The number of aliphatic carboxylic acids is 1. The van der Waals surface area contributed by atoms with Crippen LogP contribution in [-0.4, -0.2) is 53.0 Å². The monoisotopic (exact) mass is 462 g/mol. The third-order valence-electron chi connectivity index (χ3n) is 4.99. The Balaban J connectivity index is 3.05. The predicted molar refractivity (Wildman–Crippen MR) is 126 cm³/mol. The number of carboxylic acids is 1. The topological polar surface area (TPSA) is 151 Å². The Labute approximate surface area is 195 Å². The molecule has 0 bridgehead atoms. The third kappa shape index (κ3) is 10.5. The highest BCUT2D eigenvalue weighted by Gasteiger charge is 2.30. The molecule has 0 radical (unpaired) electrons. The van der Waals surface area contributed by atoms with Gasteiger partial charge in [0.15, 0.2) is 0 Å². The van der Waals surface area contributed by atoms with Gasteiger partial charge in [0.1, 0.15) is 18.1 Å². The summed E-state index contributed by atoms with van der Waals surface area (Å²) in [4.78, 5) is 49.8. The molecule has 1 rings (SSSR count). The average Bonchev–Trinajstić information content (AvgIpc) is 2.72. The van der Waals surface area contributed by atoms with Gasteiger partial charge in [0.05, 0.1) is 6.04 Å². The second kappa shape index (κ2) is 13.6. The number of benzene rings is 1. The fraction of sp³-hybridized carbons (Fsp3) is 0.583. The molecule has 4 atom stereocenters. The summed E-state index contributed by atoms with van der Waals surface area (Å²) < 4.78 is 0. The van der Waals surface area contributed by atoms with Gasteiger partial charge in [-0.1, -0.05) is 58.0 Å². The highest BCUT2D eigenvalue weighted by Crippen LogP contribution is 2.10. The molecule has 0 saturated carbocycles. The smallest absolute Gasteiger partial charge is 0.326 e. The molecule has 6 N–H and O–H groups in total. The van der Waals surface area contributed by atoms with Crippen molar-refractivity contribution < 1.29 is 24.3 Å². The first-order valence-electron chi connectivity index (χ1n) is 11.3. The highest BCUT2D eigenvalue weighted by atomic mass is 16.4. The van der Waals surface area contributed by atoms with Gasteiger partial charge in [0.25, 0.3) is 0 Å². The minimum atomic E-state index is -1.13. The molecule has 9 nitrogen and oxygen atoms in total. The standard InChI is InChI=1S/C24H38N4O5/c1-14(2)11-18(22(30)28-20(24(32)33)12-15(3)4)27-23(31)19(26-21(29)16(5)25)13-17-9-7-6-8-10-17/h6-10,14-16,18-20H,11-13,25H2,1-5H3,(H,26,29)(H,27,31)(H,28,30)(H,32,33). The number of carbonyl (C=O) groups excluding carboxylic acids is 3. The van der Waals surface area contributed by atoms with Gasteiger partial charge in [0, 0.05) is 6.42 Å². The molecule has 9 heteroatoms. The number of hydrogen-bond donors (Lipinski definition) is 5. The Morgan fingerprint density at radius 1 is 0.758 bits per heavy atom. The molecular formula is C24H38N4O5. The first kappa shape index (κ1) is 28.1. The first-order chi connectivity index (χ1) is 15.4. The van der Waals surface area contributed by atoms with E-state index >= 15 is 0 Å². The van der Waals surface area contributed by atoms with Crippen LogP contribution in [0.2, 0.25) is 0 Å². The van der Waals surface area contributed by atoms with Crippen LogP contribution in [0.25, 0.3) is 0 Å². The molecule has 1 aromatic rings. The van der Waals surface area contributed by atoms with Gasteiger partial charge in [-0.05, 0) is 37.2 Å². The lowest BCUT2D eigenvalue weighted by Gasteiger charge is -2.26. The van der Waals surface area contributed by atoms with E-state index < -0.39 is 47.9 Å². The second-order valence-electron chi connectivity index (χ2n) is 9.26. The number of amides is 3. The second-order valence-corrected chi connectivity index (χ2v) is 9.26. The molecule has 0 saturated heterocycles. The summed E-state index contributed by atoms with van der Waals surface area (Å²) in [6, 6.07) is 5.41. The molecule has 0 aromatic heterocycles. The van der Waals surface area contributed by atoms with Crippen LogP contribution >= 0.6 is 0 Å². The van der Waals surface area contributed by atoms with Crippen LogP contribution in [0.1, 0.15) is 53.0 Å². The van der Waals surface area contributed by atoms with E-state index in [1.165, 1.54) is 6.92 Å². The van der Waals surface area contributed by atoms with E-state index in [9.17, 15) is 24.3 Å². The van der Waals surface area contributed by atoms with Gasteiger partial charge < -0.3 is 26.8 Å². The number of nitrogens with one attached hydrogen (secondary N) is 3. The van der Waals surface area contributed by atoms with Crippen LogP contribution in [0.4, 0.5) is 0 Å². The van der Waals surface area contributed by atoms with Crippen molar-refractivity contribution in [1.29, 1.82) is 0 Å². The van der Waals surface area contributed by atoms with Crippen molar-refractivity contribution >= 4 is 23.7 Å². The minimum Gasteiger partial charge on any atom is -0.480 e. The van der Waals surface area contributed by atoms with E-state index in [0.717, 1.165) is 5.56 Å². The maximum Gasteiger partial charge on any atom is 0.326 e. The molecule has 0 fully saturated rings. The molecule has 0 aliphatic carbocycles. The fourth-order valence-electron chi connectivity index (χ4n) is 3.30. The zero-order valence-electron chi connectivity index (χ0n) is 20.1. The summed E-state index contributed by atoms with van der Waals surface area (Å²) in [6.07, 6.45) is 0.793. The number of nitrogens with two attached hydrogens (primary N) is 1. The summed E-state index contributed by atoms with van der Waals surface area (Å²) in [5, 5.41) is 17.4. The molecule has 184 valence electrons. The zero-order chi connectivity index (χ0) is 25.1. The summed E-state index contributed by atoms with van der Waals surface area (Å²) in [5.41, 5.74) is 6.48. The van der Waals surface area contributed by atoms with E-state index in [2.05, 4.69) is 16.0 Å². The quantitative estimate of drug-likeness (QED) is 0.297. The molecule has 3 amide bonds. The Kier molecular flexibility index (Phi) is 11.6. The van der Waals surface area contributed by atoms with E-state index in [1.54, 1.807) is 0 Å². The summed E-state index contributed by atoms with van der Waals surface area (Å²) in [5.74, 6) is -2.60. The van der Waals surface area contributed by atoms with Gasteiger partial charge in [-0.25, -0.2) is 4.79 Å². The minimum absolute atomic E-state index is 0.0562. The van der Waals surface area contributed by atoms with Gasteiger partial charge in [-0.3, -0.25) is 14.4 Å². The largest absolute Gasteiger partial charge is 0.480 e. The van der Waals surface area contributed by atoms with E-state index in [1.807, 2.05) is 58.0 Å². The SMILES string of the molecule is CC(C)CC(NC(=O)C(CC(C)C)NC(=O)C(Cc1ccccc1)NC(=O)C(C)N)C(=O)O. The molecule has 4 unspecified atom stereocenters. The van der Waals surface area contributed by atoms with Crippen LogP contribution in [0.15, 0.2) is 30.3 Å². The molecule has 0 aliphatic heterocycles. The lowest BCUT2D eigenvalue weighted by molar-refractivity contribution is -0.143. The number of carbonyl (C=O) groups is 4. The van der Waals surface area contributed by atoms with E-state index in [-0.39, 0.29) is 24.7 Å². The first-order valence-corrected chi connectivity index (χ1v) is 11.3. The lowest BCUT2D eigenvalue weighted by atomic mass is 9.99. The maximum atomic E-state index is 13.1. The lowest BCUT2D eigenvalue weighted by Crippen LogP contribution is -2.57. The molecular weight excluding hydrogens is 424 g/mol. The zero-order valence-corrected chi connectivity index (χ0v) is 20.1. The normalized spacial score (nSPS) is 14.8. The number of rotatable bonds is 13. The predicted octanol–water partition coefficient (Wildman–Crippen LogP) is 1.21. The van der Waals surface area contributed by atoms with Crippen molar-refractivity contribution in [2.45, 2.75) is 78.0 Å². The van der Waals surface area contributed by atoms with E-state index in [4.69, 9.17) is 5.73 Å². The number of hydrogen-bond acceptors (Lipinski definition) is 5. The van der Waals surface area contributed by atoms with Crippen LogP contribution in [0, 0.1) is 11.8 Å². The summed E-state index contributed by atoms with van der Waals surface area (Å²) >= 11 is 0. The highest BCUT2D eigenvalue weighted by molar-refractivity contribution is 5.94. The fourth-order valence-corrected chi connectivity index (χ4v) is 3.30. The van der Waals surface area contributed by atoms with Crippen molar-refractivity contribution in [1.82, 2.24) is 16.0 Å². The van der Waals surface area contributed by atoms with Gasteiger partial charge >= 0.3 is 5.97 Å². The van der Waals surface area contributed by atoms with E-state index in [0.29, 0.717) is 6.42 Å². The van der Waals surface area contributed by atoms with Crippen LogP contribution in [0.5, 0.6) is 0 Å². The molecule has 0 aliphatic rings. The van der Waals surface area contributed by atoms with Gasteiger partial charge in [-0.2, -0.15) is 0 Å². The third-order valence-corrected chi connectivity index (χ3v) is 4.99. The Morgan fingerprint density at radius 3 is 1.70 bits per heavy atom. The van der Waals surface area contributed by atoms with Crippen molar-refractivity contribution in [2.24, 2.45) is 17.6 Å². The van der Waals surface area contributed by atoms with Gasteiger partial charge in [-0.15, -0.1) is 0 Å². The Morgan fingerprint density at radius 2 is 1.21 bits per heavy atom. The summed E-state index contributed by atoms with van der Waals surface area (Å²) in [7, 11) is 0. The van der Waals surface area contributed by atoms with Crippen LogP contribution < -0.4 is 21.7 Å². The number of carboxylic acid groups (broad SMARTS) is 1. The van der Waals surface area contributed by atoms with Crippen molar-refractivity contribution in [2.75, 3.05) is 0 Å². The average molecular weight is 463 g/mol. The molecule has 33 heavy (non-hydrogen) atoms. The molecule has 0 heterocycles. The Hall–Kier alpha value is -2.94. The maximum absolute atomic E-state index is 13.1. The summed E-state index contributed by atoms with van der Waals surface area (Å²) in [6.45, 7) is 9.04. The van der Waals surface area contributed by atoms with Crippen LogP contribution in [0.3, 0.4) is 0 Å². The van der Waals surface area contributed by atoms with Crippen molar-refractivity contribution in [3.63, 3.8) is 0 Å². The van der Waals surface area contributed by atoms with Crippen molar-refractivity contribution in [3.8, 4) is 0 Å². The van der Waals surface area contributed by atoms with Gasteiger partial charge in [0.2, 0.25) is 17.7 Å². The van der Waals surface area contributed by atoms with Crippen LogP contribution in [-0.2, 0) is 25.6 Å². The van der Waals surface area contributed by atoms with Crippen molar-refractivity contribution in [3.05, 3.63) is 35.9 Å². The molecule has 0 spiro atoms. The Bertz CT molecular complexity index is 795. The molecule has 1 aromatic carbocycles.